The third kappa shape index (κ3) is 0.858. The Kier molecular flexibility index (Phi) is 1.46. The summed E-state index contributed by atoms with van der Waals surface area (Å²) < 4.78 is 1.63. The number of rotatable bonds is 0. The number of nitrogen functional groups attached to an aromatic ring is 1. The van der Waals surface area contributed by atoms with Crippen LogP contribution < -0.4 is 5.84 Å². The van der Waals surface area contributed by atoms with E-state index in [1.165, 1.54) is 0 Å². The number of nitrogens with two attached hydrogens (primary N) is 1. The van der Waals surface area contributed by atoms with Crippen molar-refractivity contribution >= 4 is 5.78 Å². The van der Waals surface area contributed by atoms with Gasteiger partial charge in [0, 0.05) is 17.7 Å². The summed E-state index contributed by atoms with van der Waals surface area (Å²) in [6.07, 6.45) is 2.55. The number of fused-ring (bicyclic) bond motifs is 1. The van der Waals surface area contributed by atoms with Crippen LogP contribution >= 0.6 is 0 Å². The predicted octanol–water partition coefficient (Wildman–Crippen LogP) is 1.03. The van der Waals surface area contributed by atoms with Crippen LogP contribution in [-0.2, 0) is 6.42 Å². The number of aromatic nitrogens is 1. The minimum absolute atomic E-state index is 0.239. The zero-order valence-corrected chi connectivity index (χ0v) is 7.13. The number of hydrogen-bond acceptors (Lipinski definition) is 2. The highest BCUT2D eigenvalue weighted by Crippen LogP contribution is 2.22. The Balaban J connectivity index is 2.60. The molecule has 0 saturated carbocycles. The molecule has 3 nitrogen and oxygen atoms in total. The number of hydrogen-bond donors (Lipinski definition) is 1. The Bertz CT molecular complexity index is 339. The number of nitrogens with zero attached hydrogens (tertiary/aromatic N) is 1. The van der Waals surface area contributed by atoms with Gasteiger partial charge in [-0.3, -0.25) is 9.47 Å². The monoisotopic (exact) mass is 164 g/mol. The third-order valence-corrected chi connectivity index (χ3v) is 2.45. The molecule has 0 fully saturated rings. The average Bonchev–Trinajstić information content (AvgIpc) is 2.32. The second kappa shape index (κ2) is 2.37. The summed E-state index contributed by atoms with van der Waals surface area (Å²) in [4.78, 5) is 11.4. The molecule has 1 aromatic rings. The summed E-state index contributed by atoms with van der Waals surface area (Å²) in [5, 5.41) is 0. The standard InChI is InChI=1S/C9H12N2O/c1-6-5-7-8(11(6)10)3-2-4-9(7)12/h5H,2-4,10H2,1H3. The minimum Gasteiger partial charge on any atom is -0.339 e. The molecular formula is C9H12N2O. The van der Waals surface area contributed by atoms with E-state index in [0.29, 0.717) is 6.42 Å². The van der Waals surface area contributed by atoms with Gasteiger partial charge in [0.05, 0.1) is 5.69 Å². The lowest BCUT2D eigenvalue weighted by Gasteiger charge is -2.11. The van der Waals surface area contributed by atoms with Gasteiger partial charge < -0.3 is 5.84 Å². The molecule has 1 aromatic heterocycles. The first-order valence-corrected chi connectivity index (χ1v) is 4.19. The van der Waals surface area contributed by atoms with Gasteiger partial charge in [0.15, 0.2) is 5.78 Å². The maximum Gasteiger partial charge on any atom is 0.164 e. The summed E-state index contributed by atoms with van der Waals surface area (Å²) in [7, 11) is 0. The van der Waals surface area contributed by atoms with Gasteiger partial charge in [-0.1, -0.05) is 0 Å². The molecule has 1 aliphatic carbocycles. The van der Waals surface area contributed by atoms with Crippen LogP contribution in [0, 0.1) is 6.92 Å². The minimum atomic E-state index is 0.239. The first kappa shape index (κ1) is 7.40. The molecule has 0 unspecified atom stereocenters. The molecule has 0 aliphatic heterocycles. The van der Waals surface area contributed by atoms with Crippen molar-refractivity contribution in [1.29, 1.82) is 0 Å². The molecule has 0 radical (unpaired) electrons. The van der Waals surface area contributed by atoms with Crippen molar-refractivity contribution in [2.75, 3.05) is 5.84 Å². The van der Waals surface area contributed by atoms with Gasteiger partial charge in [-0.05, 0) is 25.8 Å². The first-order valence-electron chi connectivity index (χ1n) is 4.19. The highest BCUT2D eigenvalue weighted by molar-refractivity contribution is 5.98. The normalized spacial score (nSPS) is 16.2. The van der Waals surface area contributed by atoms with Crippen LogP contribution in [0.3, 0.4) is 0 Å². The van der Waals surface area contributed by atoms with Crippen molar-refractivity contribution in [2.45, 2.75) is 26.2 Å². The molecular weight excluding hydrogens is 152 g/mol. The largest absolute Gasteiger partial charge is 0.339 e. The number of carbonyl (C=O) groups is 1. The predicted molar refractivity (Wildman–Crippen MR) is 46.6 cm³/mol. The fourth-order valence-corrected chi connectivity index (χ4v) is 1.75. The lowest BCUT2D eigenvalue weighted by atomic mass is 9.97. The lowest BCUT2D eigenvalue weighted by molar-refractivity contribution is 0.0972. The van der Waals surface area contributed by atoms with Crippen LogP contribution in [0.2, 0.25) is 0 Å². The Labute approximate surface area is 71.1 Å². The van der Waals surface area contributed by atoms with E-state index in [1.807, 2.05) is 13.0 Å². The lowest BCUT2D eigenvalue weighted by Crippen LogP contribution is -2.18. The van der Waals surface area contributed by atoms with Crippen molar-refractivity contribution < 1.29 is 4.79 Å². The summed E-state index contributed by atoms with van der Waals surface area (Å²) in [5.41, 5.74) is 2.81. The summed E-state index contributed by atoms with van der Waals surface area (Å²) in [6, 6.07) is 1.89. The SMILES string of the molecule is Cc1cc2c(n1N)CCCC2=O. The van der Waals surface area contributed by atoms with Crippen LogP contribution in [0.15, 0.2) is 6.07 Å². The Hall–Kier alpha value is -1.25. The van der Waals surface area contributed by atoms with Crippen LogP contribution in [0.5, 0.6) is 0 Å². The highest BCUT2D eigenvalue weighted by Gasteiger charge is 2.21. The van der Waals surface area contributed by atoms with E-state index in [-0.39, 0.29) is 5.78 Å². The van der Waals surface area contributed by atoms with Gasteiger partial charge in [-0.2, -0.15) is 0 Å². The van der Waals surface area contributed by atoms with Gasteiger partial charge in [0.25, 0.3) is 0 Å². The Morgan fingerprint density at radius 2 is 2.25 bits per heavy atom. The van der Waals surface area contributed by atoms with Crippen molar-refractivity contribution in [3.05, 3.63) is 23.0 Å². The Morgan fingerprint density at radius 3 is 2.92 bits per heavy atom. The molecule has 0 bridgehead atoms. The molecule has 2 rings (SSSR count). The number of ketones is 1. The molecule has 64 valence electrons. The van der Waals surface area contributed by atoms with Crippen LogP contribution in [0.25, 0.3) is 0 Å². The second-order valence-electron chi connectivity index (χ2n) is 3.29. The van der Waals surface area contributed by atoms with Gasteiger partial charge in [-0.25, -0.2) is 0 Å². The quantitative estimate of drug-likeness (QED) is 0.582. The van der Waals surface area contributed by atoms with E-state index in [9.17, 15) is 4.79 Å². The average molecular weight is 164 g/mol. The molecule has 0 saturated heterocycles. The molecule has 0 atom stereocenters. The van der Waals surface area contributed by atoms with Gasteiger partial charge in [0.1, 0.15) is 0 Å². The molecule has 1 aliphatic rings. The first-order chi connectivity index (χ1) is 5.70. The van der Waals surface area contributed by atoms with E-state index in [0.717, 1.165) is 29.8 Å². The molecule has 2 N–H and O–H groups in total. The Morgan fingerprint density at radius 1 is 1.50 bits per heavy atom. The fourth-order valence-electron chi connectivity index (χ4n) is 1.75. The smallest absolute Gasteiger partial charge is 0.164 e. The molecule has 3 heteroatoms. The second-order valence-corrected chi connectivity index (χ2v) is 3.29. The van der Waals surface area contributed by atoms with Crippen molar-refractivity contribution in [1.82, 2.24) is 4.68 Å². The van der Waals surface area contributed by atoms with E-state index in [4.69, 9.17) is 5.84 Å². The number of carbonyl (C=O) groups excluding carboxylic acids is 1. The number of aryl methyl sites for hydroxylation is 1. The fraction of sp³-hybridized carbons (Fsp3) is 0.444. The summed E-state index contributed by atoms with van der Waals surface area (Å²) in [6.45, 7) is 1.92. The maximum absolute atomic E-state index is 11.4. The molecule has 12 heavy (non-hydrogen) atoms. The van der Waals surface area contributed by atoms with E-state index in [2.05, 4.69) is 0 Å². The van der Waals surface area contributed by atoms with Gasteiger partial charge in [0.2, 0.25) is 0 Å². The molecule has 0 spiro atoms. The summed E-state index contributed by atoms with van der Waals surface area (Å²) >= 11 is 0. The number of Topliss-reactive ketones (excluding diaryl/α,β-unsaturated/α-hetero) is 1. The zero-order chi connectivity index (χ0) is 8.72. The molecule has 0 amide bonds. The third-order valence-electron chi connectivity index (χ3n) is 2.45. The van der Waals surface area contributed by atoms with Crippen LogP contribution in [0.1, 0.15) is 34.6 Å². The van der Waals surface area contributed by atoms with E-state index < -0.39 is 0 Å². The maximum atomic E-state index is 11.4. The van der Waals surface area contributed by atoms with E-state index >= 15 is 0 Å². The van der Waals surface area contributed by atoms with Gasteiger partial charge >= 0.3 is 0 Å². The van der Waals surface area contributed by atoms with Crippen molar-refractivity contribution in [3.63, 3.8) is 0 Å². The topological polar surface area (TPSA) is 48.0 Å². The zero-order valence-electron chi connectivity index (χ0n) is 7.13. The molecule has 1 heterocycles. The molecule has 0 aromatic carbocycles. The van der Waals surface area contributed by atoms with E-state index in [1.54, 1.807) is 4.68 Å². The van der Waals surface area contributed by atoms with Crippen LogP contribution in [0.4, 0.5) is 0 Å². The van der Waals surface area contributed by atoms with Crippen molar-refractivity contribution in [2.24, 2.45) is 0 Å². The van der Waals surface area contributed by atoms with Crippen molar-refractivity contribution in [3.8, 4) is 0 Å². The summed E-state index contributed by atoms with van der Waals surface area (Å²) in [5.74, 6) is 5.99. The van der Waals surface area contributed by atoms with Gasteiger partial charge in [-0.15, -0.1) is 0 Å². The van der Waals surface area contributed by atoms with Crippen LogP contribution in [-0.4, -0.2) is 10.5 Å². The highest BCUT2D eigenvalue weighted by atomic mass is 16.1.